The molecular weight excluding hydrogens is 292 g/mol. The van der Waals surface area contributed by atoms with Crippen LogP contribution in [0, 0.1) is 13.8 Å². The Kier molecular flexibility index (Phi) is 3.40. The zero-order valence-electron chi connectivity index (χ0n) is 11.6. The number of anilines is 1. The normalized spacial score (nSPS) is 11.2. The van der Waals surface area contributed by atoms with Gasteiger partial charge >= 0.3 is 0 Å². The molecule has 0 radical (unpaired) electrons. The molecule has 0 aliphatic rings. The van der Waals surface area contributed by atoms with Crippen molar-refractivity contribution in [1.29, 1.82) is 0 Å². The second-order valence-corrected chi connectivity index (χ2v) is 6.04. The quantitative estimate of drug-likeness (QED) is 0.797. The number of fused-ring (bicyclic) bond motifs is 1. The van der Waals surface area contributed by atoms with Crippen LogP contribution in [0.15, 0.2) is 17.6 Å². The molecule has 0 bridgehead atoms. The molecule has 3 aromatic rings. The maximum Gasteiger partial charge on any atom is 0.106 e. The number of benzene rings is 1. The van der Waals surface area contributed by atoms with E-state index in [1.807, 2.05) is 36.3 Å². The van der Waals surface area contributed by atoms with E-state index in [4.69, 9.17) is 11.6 Å². The Bertz CT molecular complexity index is 775. The summed E-state index contributed by atoms with van der Waals surface area (Å²) in [4.78, 5) is 4.39. The first kappa shape index (κ1) is 13.4. The first-order valence-corrected chi connectivity index (χ1v) is 7.58. The summed E-state index contributed by atoms with van der Waals surface area (Å²) in [5.41, 5.74) is 7.08. The van der Waals surface area contributed by atoms with E-state index >= 15 is 0 Å². The van der Waals surface area contributed by atoms with Crippen molar-refractivity contribution < 1.29 is 0 Å². The highest BCUT2D eigenvalue weighted by molar-refractivity contribution is 7.16. The van der Waals surface area contributed by atoms with Crippen LogP contribution in [-0.2, 0) is 13.6 Å². The number of halogens is 1. The smallest absolute Gasteiger partial charge is 0.106 e. The van der Waals surface area contributed by atoms with Gasteiger partial charge in [-0.15, -0.1) is 11.3 Å². The number of thiazole rings is 1. The maximum atomic E-state index is 6.29. The average Bonchev–Trinajstić information content (AvgIpc) is 2.97. The summed E-state index contributed by atoms with van der Waals surface area (Å²) >= 11 is 7.91. The van der Waals surface area contributed by atoms with E-state index in [2.05, 4.69) is 22.3 Å². The van der Waals surface area contributed by atoms with Gasteiger partial charge in [-0.05, 0) is 26.0 Å². The van der Waals surface area contributed by atoms with Gasteiger partial charge in [0.1, 0.15) is 5.52 Å². The Morgan fingerprint density at radius 1 is 1.35 bits per heavy atom. The van der Waals surface area contributed by atoms with Crippen LogP contribution < -0.4 is 5.32 Å². The van der Waals surface area contributed by atoms with Crippen LogP contribution in [0.5, 0.6) is 0 Å². The number of nitrogens with one attached hydrogen (secondary N) is 1. The maximum absolute atomic E-state index is 6.29. The lowest BCUT2D eigenvalue weighted by molar-refractivity contribution is 0.730. The van der Waals surface area contributed by atoms with E-state index in [1.165, 1.54) is 5.56 Å². The third kappa shape index (κ3) is 2.17. The predicted molar refractivity (Wildman–Crippen MR) is 84.6 cm³/mol. The predicted octanol–water partition coefficient (Wildman–Crippen LogP) is 3.91. The van der Waals surface area contributed by atoms with Gasteiger partial charge in [-0.3, -0.25) is 4.68 Å². The minimum atomic E-state index is 0.696. The fourth-order valence-corrected chi connectivity index (χ4v) is 3.23. The van der Waals surface area contributed by atoms with Gasteiger partial charge in [0, 0.05) is 24.8 Å². The monoisotopic (exact) mass is 306 g/mol. The highest BCUT2D eigenvalue weighted by Gasteiger charge is 2.12. The van der Waals surface area contributed by atoms with Gasteiger partial charge in [0.2, 0.25) is 0 Å². The van der Waals surface area contributed by atoms with Crippen molar-refractivity contribution in [2.45, 2.75) is 20.4 Å². The molecule has 2 heterocycles. The first-order valence-electron chi connectivity index (χ1n) is 6.32. The topological polar surface area (TPSA) is 42.7 Å². The minimum Gasteiger partial charge on any atom is -0.378 e. The molecular formula is C14H15ClN4S. The average molecular weight is 307 g/mol. The Morgan fingerprint density at radius 2 is 2.15 bits per heavy atom. The lowest BCUT2D eigenvalue weighted by atomic mass is 10.2. The largest absolute Gasteiger partial charge is 0.378 e. The zero-order chi connectivity index (χ0) is 14.3. The van der Waals surface area contributed by atoms with Crippen molar-refractivity contribution in [2.24, 2.45) is 7.05 Å². The lowest BCUT2D eigenvalue weighted by Crippen LogP contribution is -2.03. The van der Waals surface area contributed by atoms with Gasteiger partial charge in [0.05, 0.1) is 26.6 Å². The Morgan fingerprint density at radius 3 is 2.85 bits per heavy atom. The number of rotatable bonds is 3. The van der Waals surface area contributed by atoms with Crippen LogP contribution in [0.3, 0.4) is 0 Å². The van der Waals surface area contributed by atoms with E-state index in [0.29, 0.717) is 11.6 Å². The molecule has 104 valence electrons. The summed E-state index contributed by atoms with van der Waals surface area (Å²) in [5, 5.41) is 8.54. The third-order valence-electron chi connectivity index (χ3n) is 3.55. The van der Waals surface area contributed by atoms with Crippen LogP contribution in [0.2, 0.25) is 5.02 Å². The summed E-state index contributed by atoms with van der Waals surface area (Å²) < 4.78 is 3.04. The van der Waals surface area contributed by atoms with Crippen LogP contribution in [0.1, 0.15) is 17.0 Å². The van der Waals surface area contributed by atoms with Crippen LogP contribution in [0.25, 0.3) is 10.2 Å². The molecule has 0 unspecified atom stereocenters. The van der Waals surface area contributed by atoms with E-state index in [1.54, 1.807) is 11.3 Å². The van der Waals surface area contributed by atoms with E-state index < -0.39 is 0 Å². The molecule has 0 fully saturated rings. The second kappa shape index (κ2) is 5.07. The Balaban J connectivity index is 1.94. The number of hydrogen-bond donors (Lipinski definition) is 1. The van der Waals surface area contributed by atoms with Crippen molar-refractivity contribution >= 4 is 38.8 Å². The number of aryl methyl sites for hydroxylation is 2. The fourth-order valence-electron chi connectivity index (χ4n) is 2.32. The van der Waals surface area contributed by atoms with E-state index in [0.717, 1.165) is 27.3 Å². The summed E-state index contributed by atoms with van der Waals surface area (Å²) in [7, 11) is 1.96. The van der Waals surface area contributed by atoms with Gasteiger partial charge < -0.3 is 5.32 Å². The van der Waals surface area contributed by atoms with E-state index in [-0.39, 0.29) is 0 Å². The van der Waals surface area contributed by atoms with Gasteiger partial charge in [-0.25, -0.2) is 4.98 Å². The molecule has 0 aliphatic heterocycles. The number of hydrogen-bond acceptors (Lipinski definition) is 4. The molecule has 1 N–H and O–H groups in total. The fraction of sp³-hybridized carbons (Fsp3) is 0.286. The molecule has 1 aromatic carbocycles. The molecule has 0 aliphatic carbocycles. The second-order valence-electron chi connectivity index (χ2n) is 4.75. The molecule has 4 nitrogen and oxygen atoms in total. The molecule has 2 aromatic heterocycles. The lowest BCUT2D eigenvalue weighted by Gasteiger charge is -2.09. The van der Waals surface area contributed by atoms with Crippen molar-refractivity contribution in [1.82, 2.24) is 14.8 Å². The summed E-state index contributed by atoms with van der Waals surface area (Å²) in [6.07, 6.45) is 0. The van der Waals surface area contributed by atoms with Crippen LogP contribution in [0.4, 0.5) is 5.69 Å². The van der Waals surface area contributed by atoms with Crippen molar-refractivity contribution in [2.75, 3.05) is 5.32 Å². The van der Waals surface area contributed by atoms with Crippen LogP contribution >= 0.6 is 22.9 Å². The molecule has 6 heteroatoms. The molecule has 0 atom stereocenters. The van der Waals surface area contributed by atoms with Gasteiger partial charge in [0.25, 0.3) is 0 Å². The van der Waals surface area contributed by atoms with E-state index in [9.17, 15) is 0 Å². The Hall–Kier alpha value is -1.59. The third-order valence-corrected chi connectivity index (χ3v) is 4.66. The SMILES string of the molecule is Cc1nn(C)c(C)c1CNc1c(Cl)ccc2scnc12. The molecule has 0 saturated carbocycles. The van der Waals surface area contributed by atoms with Crippen molar-refractivity contribution in [3.05, 3.63) is 39.6 Å². The van der Waals surface area contributed by atoms with Gasteiger partial charge in [0.15, 0.2) is 0 Å². The summed E-state index contributed by atoms with van der Waals surface area (Å²) in [6.45, 7) is 4.79. The standard InChI is InChI=1S/C14H15ClN4S/c1-8-10(9(2)19(3)18-8)6-16-13-11(15)4-5-12-14(13)17-7-20-12/h4-5,7,16H,6H2,1-3H3. The van der Waals surface area contributed by atoms with Gasteiger partial charge in [-0.1, -0.05) is 11.6 Å². The zero-order valence-corrected chi connectivity index (χ0v) is 13.1. The Labute approximate surface area is 126 Å². The number of aromatic nitrogens is 3. The molecule has 0 amide bonds. The molecule has 0 spiro atoms. The molecule has 0 saturated heterocycles. The highest BCUT2D eigenvalue weighted by atomic mass is 35.5. The molecule has 3 rings (SSSR count). The van der Waals surface area contributed by atoms with Crippen LogP contribution in [-0.4, -0.2) is 14.8 Å². The first-order chi connectivity index (χ1) is 9.58. The van der Waals surface area contributed by atoms with Gasteiger partial charge in [-0.2, -0.15) is 5.10 Å². The highest BCUT2D eigenvalue weighted by Crippen LogP contribution is 2.32. The number of nitrogens with zero attached hydrogens (tertiary/aromatic N) is 3. The minimum absolute atomic E-state index is 0.696. The van der Waals surface area contributed by atoms with Crippen molar-refractivity contribution in [3.63, 3.8) is 0 Å². The van der Waals surface area contributed by atoms with Crippen molar-refractivity contribution in [3.8, 4) is 0 Å². The summed E-state index contributed by atoms with van der Waals surface area (Å²) in [6, 6.07) is 3.91. The summed E-state index contributed by atoms with van der Waals surface area (Å²) in [5.74, 6) is 0. The molecule has 20 heavy (non-hydrogen) atoms.